The maximum Gasteiger partial charge on any atom is 0.234 e. The number of hydrogen-bond donors (Lipinski definition) is 2. The second-order valence-corrected chi connectivity index (χ2v) is 5.43. The van der Waals surface area contributed by atoms with Crippen LogP contribution in [0, 0.1) is 0 Å². The maximum atomic E-state index is 11.4. The van der Waals surface area contributed by atoms with Crippen LogP contribution in [0.2, 0.25) is 0 Å². The molecule has 0 aromatic rings. The fourth-order valence-electron chi connectivity index (χ4n) is 2.05. The van der Waals surface area contributed by atoms with Gasteiger partial charge in [0.1, 0.15) is 0 Å². The number of nitrogens with zero attached hydrogens (tertiary/aromatic N) is 1. The topological polar surface area (TPSA) is 53.6 Å². The van der Waals surface area contributed by atoms with Gasteiger partial charge in [-0.15, -0.1) is 0 Å². The summed E-state index contributed by atoms with van der Waals surface area (Å²) in [6.07, 6.45) is 0.188. The third-order valence-corrected chi connectivity index (χ3v) is 3.01. The Morgan fingerprint density at radius 3 is 2.72 bits per heavy atom. The number of morpholine rings is 1. The van der Waals surface area contributed by atoms with E-state index >= 15 is 0 Å². The zero-order chi connectivity index (χ0) is 13.5. The first-order chi connectivity index (χ1) is 8.49. The standard InChI is InChI=1S/C13H27N3O2/c1-10(2)15-13(17)8-14-7-12-9-16(11(3)4)5-6-18-12/h10-12,14H,5-9H2,1-4H3,(H,15,17). The summed E-state index contributed by atoms with van der Waals surface area (Å²) < 4.78 is 5.69. The first-order valence-corrected chi connectivity index (χ1v) is 6.84. The monoisotopic (exact) mass is 257 g/mol. The van der Waals surface area contributed by atoms with Crippen LogP contribution in [0.5, 0.6) is 0 Å². The number of amides is 1. The first kappa shape index (κ1) is 15.4. The van der Waals surface area contributed by atoms with Crippen LogP contribution in [0.4, 0.5) is 0 Å². The van der Waals surface area contributed by atoms with Crippen LogP contribution < -0.4 is 10.6 Å². The van der Waals surface area contributed by atoms with Gasteiger partial charge in [0.05, 0.1) is 19.3 Å². The highest BCUT2D eigenvalue weighted by Crippen LogP contribution is 2.07. The van der Waals surface area contributed by atoms with Crippen LogP contribution >= 0.6 is 0 Å². The van der Waals surface area contributed by atoms with Crippen molar-refractivity contribution >= 4 is 5.91 Å². The minimum Gasteiger partial charge on any atom is -0.374 e. The molecule has 18 heavy (non-hydrogen) atoms. The Kier molecular flexibility index (Phi) is 6.60. The first-order valence-electron chi connectivity index (χ1n) is 6.84. The van der Waals surface area contributed by atoms with Crippen LogP contribution in [0.1, 0.15) is 27.7 Å². The summed E-state index contributed by atoms with van der Waals surface area (Å²) in [6.45, 7) is 12.1. The fourth-order valence-corrected chi connectivity index (χ4v) is 2.05. The molecule has 106 valence electrons. The molecule has 0 bridgehead atoms. The van der Waals surface area contributed by atoms with Crippen molar-refractivity contribution in [3.63, 3.8) is 0 Å². The van der Waals surface area contributed by atoms with Gasteiger partial charge in [0.2, 0.25) is 5.91 Å². The number of ether oxygens (including phenoxy) is 1. The average molecular weight is 257 g/mol. The van der Waals surface area contributed by atoms with Crippen LogP contribution in [-0.2, 0) is 9.53 Å². The lowest BCUT2D eigenvalue weighted by atomic mass is 10.2. The molecule has 0 spiro atoms. The summed E-state index contributed by atoms with van der Waals surface area (Å²) in [7, 11) is 0. The van der Waals surface area contributed by atoms with Gasteiger partial charge in [-0.25, -0.2) is 0 Å². The maximum absolute atomic E-state index is 11.4. The zero-order valence-corrected chi connectivity index (χ0v) is 12.0. The highest BCUT2D eigenvalue weighted by Gasteiger charge is 2.21. The predicted molar refractivity (Wildman–Crippen MR) is 72.6 cm³/mol. The molecule has 1 unspecified atom stereocenters. The van der Waals surface area contributed by atoms with Crippen LogP contribution in [0.25, 0.3) is 0 Å². The Morgan fingerprint density at radius 1 is 1.39 bits per heavy atom. The van der Waals surface area contributed by atoms with E-state index in [4.69, 9.17) is 4.74 Å². The van der Waals surface area contributed by atoms with Gasteiger partial charge < -0.3 is 15.4 Å². The molecule has 1 atom stereocenters. The third-order valence-electron chi connectivity index (χ3n) is 3.01. The molecule has 1 saturated heterocycles. The largest absolute Gasteiger partial charge is 0.374 e. The Bertz CT molecular complexity index is 257. The van der Waals surface area contributed by atoms with E-state index in [1.165, 1.54) is 0 Å². The van der Waals surface area contributed by atoms with Crippen LogP contribution in [0.15, 0.2) is 0 Å². The summed E-state index contributed by atoms with van der Waals surface area (Å²) in [5.41, 5.74) is 0. The summed E-state index contributed by atoms with van der Waals surface area (Å²) >= 11 is 0. The van der Waals surface area contributed by atoms with Crippen molar-refractivity contribution in [1.29, 1.82) is 0 Å². The van der Waals surface area contributed by atoms with Crippen molar-refractivity contribution in [3.8, 4) is 0 Å². The van der Waals surface area contributed by atoms with E-state index < -0.39 is 0 Å². The van der Waals surface area contributed by atoms with E-state index in [0.29, 0.717) is 12.6 Å². The van der Waals surface area contributed by atoms with Crippen molar-refractivity contribution in [2.75, 3.05) is 32.8 Å². The predicted octanol–water partition coefficient (Wildman–Crippen LogP) is 0.210. The van der Waals surface area contributed by atoms with Crippen molar-refractivity contribution < 1.29 is 9.53 Å². The van der Waals surface area contributed by atoms with Crippen molar-refractivity contribution in [1.82, 2.24) is 15.5 Å². The van der Waals surface area contributed by atoms with E-state index in [0.717, 1.165) is 26.2 Å². The molecule has 0 aliphatic carbocycles. The minimum absolute atomic E-state index is 0.0431. The number of nitrogens with one attached hydrogen (secondary N) is 2. The van der Waals surface area contributed by atoms with Crippen molar-refractivity contribution in [2.24, 2.45) is 0 Å². The molecular weight excluding hydrogens is 230 g/mol. The lowest BCUT2D eigenvalue weighted by Gasteiger charge is -2.35. The molecule has 1 amide bonds. The second-order valence-electron chi connectivity index (χ2n) is 5.43. The summed E-state index contributed by atoms with van der Waals surface area (Å²) in [5.74, 6) is 0.0431. The summed E-state index contributed by atoms with van der Waals surface area (Å²) in [4.78, 5) is 13.8. The molecule has 5 nitrogen and oxygen atoms in total. The van der Waals surface area contributed by atoms with Crippen LogP contribution in [0.3, 0.4) is 0 Å². The average Bonchev–Trinajstić information content (AvgIpc) is 2.28. The Labute approximate surface area is 110 Å². The molecule has 0 saturated carbocycles. The van der Waals surface area contributed by atoms with Crippen molar-refractivity contribution in [2.45, 2.75) is 45.9 Å². The number of carbonyl (C=O) groups is 1. The molecule has 1 aliphatic heterocycles. The van der Waals surface area contributed by atoms with Gasteiger partial charge >= 0.3 is 0 Å². The molecule has 1 aliphatic rings. The lowest BCUT2D eigenvalue weighted by molar-refractivity contribution is -0.120. The molecule has 2 N–H and O–H groups in total. The summed E-state index contributed by atoms with van der Waals surface area (Å²) in [5, 5.41) is 6.01. The second kappa shape index (κ2) is 7.71. The van der Waals surface area contributed by atoms with Gasteiger partial charge in [-0.1, -0.05) is 0 Å². The van der Waals surface area contributed by atoms with Gasteiger partial charge in [0, 0.05) is 31.7 Å². The molecule has 1 rings (SSSR count). The summed E-state index contributed by atoms with van der Waals surface area (Å²) in [6, 6.07) is 0.752. The number of carbonyl (C=O) groups excluding carboxylic acids is 1. The lowest BCUT2D eigenvalue weighted by Crippen LogP contribution is -2.50. The molecule has 0 aromatic carbocycles. The van der Waals surface area contributed by atoms with Gasteiger partial charge in [-0.05, 0) is 27.7 Å². The van der Waals surface area contributed by atoms with Gasteiger partial charge in [0.15, 0.2) is 0 Å². The smallest absolute Gasteiger partial charge is 0.234 e. The zero-order valence-electron chi connectivity index (χ0n) is 12.0. The molecular formula is C13H27N3O2. The van der Waals surface area contributed by atoms with E-state index in [1.54, 1.807) is 0 Å². The van der Waals surface area contributed by atoms with Gasteiger partial charge in [-0.3, -0.25) is 9.69 Å². The van der Waals surface area contributed by atoms with E-state index in [1.807, 2.05) is 13.8 Å². The number of hydrogen-bond acceptors (Lipinski definition) is 4. The van der Waals surface area contributed by atoms with Gasteiger partial charge in [0.25, 0.3) is 0 Å². The molecule has 1 fully saturated rings. The highest BCUT2D eigenvalue weighted by atomic mass is 16.5. The van der Waals surface area contributed by atoms with E-state index in [2.05, 4.69) is 29.4 Å². The van der Waals surface area contributed by atoms with Crippen LogP contribution in [-0.4, -0.2) is 61.8 Å². The Hall–Kier alpha value is -0.650. The Balaban J connectivity index is 2.17. The quantitative estimate of drug-likeness (QED) is 0.714. The van der Waals surface area contributed by atoms with Gasteiger partial charge in [-0.2, -0.15) is 0 Å². The highest BCUT2D eigenvalue weighted by molar-refractivity contribution is 5.78. The fraction of sp³-hybridized carbons (Fsp3) is 0.923. The van der Waals surface area contributed by atoms with E-state index in [-0.39, 0.29) is 18.1 Å². The third kappa shape index (κ3) is 5.80. The SMILES string of the molecule is CC(C)NC(=O)CNCC1CN(C(C)C)CCO1. The normalized spacial score (nSPS) is 21.6. The molecule has 0 radical (unpaired) electrons. The minimum atomic E-state index is 0.0431. The van der Waals surface area contributed by atoms with Crippen molar-refractivity contribution in [3.05, 3.63) is 0 Å². The molecule has 1 heterocycles. The molecule has 5 heteroatoms. The number of rotatable bonds is 6. The molecule has 0 aromatic heterocycles. The Morgan fingerprint density at radius 2 is 2.11 bits per heavy atom. The van der Waals surface area contributed by atoms with E-state index in [9.17, 15) is 4.79 Å².